The fourth-order valence-electron chi connectivity index (χ4n) is 2.65. The van der Waals surface area contributed by atoms with Crippen molar-refractivity contribution in [2.45, 2.75) is 51.2 Å². The molecule has 7 nitrogen and oxygen atoms in total. The predicted octanol–water partition coefficient (Wildman–Crippen LogP) is 0.313. The van der Waals surface area contributed by atoms with Gasteiger partial charge in [0, 0.05) is 18.8 Å². The highest BCUT2D eigenvalue weighted by atomic mass is 16.2. The zero-order valence-corrected chi connectivity index (χ0v) is 11.9. The van der Waals surface area contributed by atoms with E-state index in [2.05, 4.69) is 10.4 Å². The van der Waals surface area contributed by atoms with Crippen molar-refractivity contribution in [3.8, 4) is 0 Å². The highest BCUT2D eigenvalue weighted by Gasteiger charge is 2.45. The summed E-state index contributed by atoms with van der Waals surface area (Å²) >= 11 is 0. The molecule has 1 aliphatic carbocycles. The lowest BCUT2D eigenvalue weighted by Crippen LogP contribution is -2.45. The molecule has 1 aromatic rings. The summed E-state index contributed by atoms with van der Waals surface area (Å²) in [7, 11) is 0. The number of aromatic nitrogens is 2. The number of rotatable bonds is 5. The van der Waals surface area contributed by atoms with Gasteiger partial charge in [-0.05, 0) is 19.3 Å². The normalized spacial score (nSPS) is 21.5. The molecular formula is C14H18N4O3. The first-order valence-corrected chi connectivity index (χ1v) is 7.29. The molecule has 21 heavy (non-hydrogen) atoms. The number of carbonyl (C=O) groups excluding carboxylic acids is 3. The van der Waals surface area contributed by atoms with Crippen LogP contribution in [0.25, 0.3) is 0 Å². The second-order valence-corrected chi connectivity index (χ2v) is 5.57. The van der Waals surface area contributed by atoms with Crippen molar-refractivity contribution < 1.29 is 14.4 Å². The van der Waals surface area contributed by atoms with Gasteiger partial charge in [-0.2, -0.15) is 5.10 Å². The molecule has 0 radical (unpaired) electrons. The first-order valence-electron chi connectivity index (χ1n) is 7.29. The van der Waals surface area contributed by atoms with Crippen LogP contribution in [0.15, 0.2) is 12.4 Å². The van der Waals surface area contributed by atoms with Crippen LogP contribution in [0.3, 0.4) is 0 Å². The standard InChI is InChI=1S/C14H18N4O3/c1-2-5-17-8-9(7-15-17)14(21)18(10-3-4-10)11-6-12(19)16-13(11)20/h7-8,10-11H,2-6H2,1H3,(H,16,19,20). The molecule has 1 saturated heterocycles. The van der Waals surface area contributed by atoms with E-state index in [1.54, 1.807) is 15.8 Å². The molecular weight excluding hydrogens is 272 g/mol. The van der Waals surface area contributed by atoms with Gasteiger partial charge >= 0.3 is 0 Å². The Labute approximate surface area is 122 Å². The molecule has 1 saturated carbocycles. The van der Waals surface area contributed by atoms with E-state index >= 15 is 0 Å². The van der Waals surface area contributed by atoms with Gasteiger partial charge in [0.2, 0.25) is 11.8 Å². The van der Waals surface area contributed by atoms with Gasteiger partial charge in [-0.25, -0.2) is 0 Å². The Morgan fingerprint density at radius 3 is 2.81 bits per heavy atom. The topological polar surface area (TPSA) is 84.3 Å². The lowest BCUT2D eigenvalue weighted by atomic mass is 10.1. The Bertz CT molecular complexity index is 591. The Morgan fingerprint density at radius 1 is 1.48 bits per heavy atom. The van der Waals surface area contributed by atoms with Crippen molar-refractivity contribution >= 4 is 17.7 Å². The van der Waals surface area contributed by atoms with Gasteiger partial charge in [0.1, 0.15) is 6.04 Å². The van der Waals surface area contributed by atoms with Crippen LogP contribution in [0.4, 0.5) is 0 Å². The molecule has 1 atom stereocenters. The molecule has 2 aliphatic rings. The summed E-state index contributed by atoms with van der Waals surface area (Å²) in [5, 5.41) is 6.42. The highest BCUT2D eigenvalue weighted by Crippen LogP contribution is 2.32. The summed E-state index contributed by atoms with van der Waals surface area (Å²) < 4.78 is 1.72. The Morgan fingerprint density at radius 2 is 2.24 bits per heavy atom. The van der Waals surface area contributed by atoms with Crippen LogP contribution >= 0.6 is 0 Å². The van der Waals surface area contributed by atoms with Gasteiger partial charge < -0.3 is 4.90 Å². The molecule has 112 valence electrons. The van der Waals surface area contributed by atoms with Gasteiger partial charge in [0.05, 0.1) is 18.2 Å². The van der Waals surface area contributed by atoms with Crippen LogP contribution in [0.5, 0.6) is 0 Å². The molecule has 0 bridgehead atoms. The predicted molar refractivity (Wildman–Crippen MR) is 73.3 cm³/mol. The average molecular weight is 290 g/mol. The molecule has 3 amide bonds. The number of nitrogens with zero attached hydrogens (tertiary/aromatic N) is 3. The molecule has 1 aromatic heterocycles. The van der Waals surface area contributed by atoms with Crippen molar-refractivity contribution in [3.05, 3.63) is 18.0 Å². The number of carbonyl (C=O) groups is 3. The lowest BCUT2D eigenvalue weighted by molar-refractivity contribution is -0.126. The van der Waals surface area contributed by atoms with E-state index < -0.39 is 6.04 Å². The first kappa shape index (κ1) is 13.8. The Kier molecular flexibility index (Phi) is 3.48. The molecule has 2 heterocycles. The largest absolute Gasteiger partial charge is 0.323 e. The van der Waals surface area contributed by atoms with Crippen LogP contribution in [0, 0.1) is 0 Å². The van der Waals surface area contributed by atoms with Gasteiger partial charge in [-0.1, -0.05) is 6.92 Å². The summed E-state index contributed by atoms with van der Waals surface area (Å²) in [6, 6.07) is -0.610. The lowest BCUT2D eigenvalue weighted by Gasteiger charge is -2.26. The van der Waals surface area contributed by atoms with E-state index in [1.807, 2.05) is 6.92 Å². The minimum absolute atomic E-state index is 0.0597. The number of amides is 3. The molecule has 0 spiro atoms. The van der Waals surface area contributed by atoms with Gasteiger partial charge in [0.25, 0.3) is 5.91 Å². The van der Waals surface area contributed by atoms with Crippen LogP contribution in [-0.2, 0) is 16.1 Å². The third-order valence-corrected chi connectivity index (χ3v) is 3.79. The van der Waals surface area contributed by atoms with Crippen molar-refractivity contribution in [2.75, 3.05) is 0 Å². The summed E-state index contributed by atoms with van der Waals surface area (Å²) in [5.41, 5.74) is 0.475. The zero-order chi connectivity index (χ0) is 15.0. The van der Waals surface area contributed by atoms with E-state index in [1.165, 1.54) is 6.20 Å². The maximum absolute atomic E-state index is 12.7. The van der Waals surface area contributed by atoms with Crippen molar-refractivity contribution in [3.63, 3.8) is 0 Å². The monoisotopic (exact) mass is 290 g/mol. The smallest absolute Gasteiger partial charge is 0.257 e. The molecule has 1 unspecified atom stereocenters. The highest BCUT2D eigenvalue weighted by molar-refractivity contribution is 6.08. The second-order valence-electron chi connectivity index (χ2n) is 5.57. The van der Waals surface area contributed by atoms with Crippen LogP contribution in [-0.4, -0.2) is 44.5 Å². The Hall–Kier alpha value is -2.18. The van der Waals surface area contributed by atoms with E-state index in [0.717, 1.165) is 25.8 Å². The maximum Gasteiger partial charge on any atom is 0.257 e. The van der Waals surface area contributed by atoms with Crippen LogP contribution < -0.4 is 5.32 Å². The molecule has 3 rings (SSSR count). The van der Waals surface area contributed by atoms with E-state index in [-0.39, 0.29) is 30.2 Å². The Balaban J connectivity index is 1.81. The van der Waals surface area contributed by atoms with Crippen LogP contribution in [0.2, 0.25) is 0 Å². The minimum Gasteiger partial charge on any atom is -0.323 e. The van der Waals surface area contributed by atoms with Gasteiger partial charge in [-0.15, -0.1) is 0 Å². The third kappa shape index (κ3) is 2.68. The quantitative estimate of drug-likeness (QED) is 0.791. The molecule has 1 aliphatic heterocycles. The van der Waals surface area contributed by atoms with Gasteiger partial charge in [-0.3, -0.25) is 24.4 Å². The molecule has 7 heteroatoms. The zero-order valence-electron chi connectivity index (χ0n) is 11.9. The van der Waals surface area contributed by atoms with Crippen LogP contribution in [0.1, 0.15) is 43.0 Å². The molecule has 0 aromatic carbocycles. The number of nitrogens with one attached hydrogen (secondary N) is 1. The number of hydrogen-bond donors (Lipinski definition) is 1. The van der Waals surface area contributed by atoms with E-state index in [9.17, 15) is 14.4 Å². The SMILES string of the molecule is CCCn1cc(C(=O)N(C2CC2)C2CC(=O)NC2=O)cn1. The summed E-state index contributed by atoms with van der Waals surface area (Å²) in [6.07, 6.45) is 5.99. The molecule has 2 fully saturated rings. The number of hydrogen-bond acceptors (Lipinski definition) is 4. The number of imide groups is 1. The van der Waals surface area contributed by atoms with Crippen molar-refractivity contribution in [2.24, 2.45) is 0 Å². The van der Waals surface area contributed by atoms with E-state index in [4.69, 9.17) is 0 Å². The summed E-state index contributed by atoms with van der Waals surface area (Å²) in [4.78, 5) is 37.5. The second kappa shape index (κ2) is 5.31. The minimum atomic E-state index is -0.674. The maximum atomic E-state index is 12.7. The molecule has 1 N–H and O–H groups in total. The fraction of sp³-hybridized carbons (Fsp3) is 0.571. The number of aryl methyl sites for hydroxylation is 1. The summed E-state index contributed by atoms with van der Waals surface area (Å²) in [6.45, 7) is 2.78. The third-order valence-electron chi connectivity index (χ3n) is 3.79. The van der Waals surface area contributed by atoms with E-state index in [0.29, 0.717) is 5.56 Å². The first-order chi connectivity index (χ1) is 10.1. The van der Waals surface area contributed by atoms with Crippen molar-refractivity contribution in [1.29, 1.82) is 0 Å². The van der Waals surface area contributed by atoms with Gasteiger partial charge in [0.15, 0.2) is 0 Å². The fourth-order valence-corrected chi connectivity index (χ4v) is 2.65. The average Bonchev–Trinajstić information content (AvgIpc) is 3.06. The summed E-state index contributed by atoms with van der Waals surface area (Å²) in [5.74, 6) is -0.902. The van der Waals surface area contributed by atoms with Crippen molar-refractivity contribution in [1.82, 2.24) is 20.0 Å².